The summed E-state index contributed by atoms with van der Waals surface area (Å²) in [5.41, 5.74) is 4.88. The lowest BCUT2D eigenvalue weighted by atomic mass is 10.0. The molecule has 0 saturated heterocycles. The number of nitro groups is 1. The molecule has 0 radical (unpaired) electrons. The van der Waals surface area contributed by atoms with Crippen LogP contribution >= 0.6 is 0 Å². The van der Waals surface area contributed by atoms with Gasteiger partial charge in [-0.05, 0) is 36.1 Å². The topological polar surface area (TPSA) is 107 Å². The van der Waals surface area contributed by atoms with Gasteiger partial charge in [0.15, 0.2) is 5.82 Å². The van der Waals surface area contributed by atoms with E-state index in [-0.39, 0.29) is 17.9 Å². The van der Waals surface area contributed by atoms with E-state index in [0.717, 1.165) is 23.1 Å². The lowest BCUT2D eigenvalue weighted by Crippen LogP contribution is -2.35. The third-order valence-corrected chi connectivity index (χ3v) is 5.78. The van der Waals surface area contributed by atoms with Crippen molar-refractivity contribution in [1.82, 2.24) is 9.66 Å². The lowest BCUT2D eigenvalue weighted by molar-refractivity contribution is -0.384. The van der Waals surface area contributed by atoms with Crippen LogP contribution in [0.15, 0.2) is 77.6 Å². The summed E-state index contributed by atoms with van der Waals surface area (Å²) < 4.78 is 1.07. The van der Waals surface area contributed by atoms with Gasteiger partial charge in [-0.25, -0.2) is 4.98 Å². The van der Waals surface area contributed by atoms with E-state index in [0.29, 0.717) is 16.5 Å². The molecule has 1 heterocycles. The second-order valence-electron chi connectivity index (χ2n) is 8.39. The van der Waals surface area contributed by atoms with Gasteiger partial charge in [-0.1, -0.05) is 68.3 Å². The Morgan fingerprint density at radius 1 is 1.00 bits per heavy atom. The highest BCUT2D eigenvalue weighted by Gasteiger charge is 2.17. The molecule has 35 heavy (non-hydrogen) atoms. The van der Waals surface area contributed by atoms with Crippen LogP contribution in [-0.4, -0.2) is 20.5 Å². The predicted molar refractivity (Wildman–Crippen MR) is 136 cm³/mol. The van der Waals surface area contributed by atoms with Crippen molar-refractivity contribution in [3.8, 4) is 11.4 Å². The molecule has 8 nitrogen and oxygen atoms in total. The maximum absolute atomic E-state index is 13.3. The summed E-state index contributed by atoms with van der Waals surface area (Å²) in [6.07, 6.45) is 4.56. The van der Waals surface area contributed by atoms with Crippen molar-refractivity contribution in [2.75, 3.05) is 5.43 Å². The first-order valence-corrected chi connectivity index (χ1v) is 11.6. The lowest BCUT2D eigenvalue weighted by Gasteiger charge is -2.15. The fourth-order valence-corrected chi connectivity index (χ4v) is 3.94. The molecule has 1 amide bonds. The summed E-state index contributed by atoms with van der Waals surface area (Å²) in [4.78, 5) is 41.5. The fraction of sp³-hybridized carbons (Fsp3) is 0.222. The Morgan fingerprint density at radius 2 is 1.74 bits per heavy atom. The number of non-ortho nitro benzene ring substituents is 1. The number of fused-ring (bicyclic) bond motifs is 1. The second-order valence-corrected chi connectivity index (χ2v) is 8.39. The molecule has 0 aliphatic heterocycles. The zero-order chi connectivity index (χ0) is 24.8. The Labute approximate surface area is 202 Å². The molecule has 0 saturated carbocycles. The molecule has 8 heteroatoms. The van der Waals surface area contributed by atoms with Crippen molar-refractivity contribution in [2.45, 2.75) is 39.0 Å². The van der Waals surface area contributed by atoms with Crippen LogP contribution in [0.2, 0.25) is 0 Å². The van der Waals surface area contributed by atoms with Crippen LogP contribution in [0.25, 0.3) is 22.3 Å². The summed E-state index contributed by atoms with van der Waals surface area (Å²) in [5, 5.41) is 11.6. The Kier molecular flexibility index (Phi) is 7.30. The smallest absolute Gasteiger partial charge is 0.273 e. The molecule has 4 rings (SSSR count). The van der Waals surface area contributed by atoms with Crippen molar-refractivity contribution >= 4 is 22.5 Å². The van der Waals surface area contributed by atoms with E-state index in [2.05, 4.69) is 17.3 Å². The summed E-state index contributed by atoms with van der Waals surface area (Å²) in [7, 11) is 0. The van der Waals surface area contributed by atoms with Crippen molar-refractivity contribution in [1.29, 1.82) is 0 Å². The molecule has 1 N–H and O–H groups in total. The highest BCUT2D eigenvalue weighted by molar-refractivity contribution is 5.87. The molecule has 4 aromatic rings. The zero-order valence-electron chi connectivity index (χ0n) is 19.4. The Bertz CT molecular complexity index is 1430. The molecule has 0 bridgehead atoms. The molecule has 0 aliphatic carbocycles. The number of amides is 1. The summed E-state index contributed by atoms with van der Waals surface area (Å²) in [6.45, 7) is 2.17. The molecule has 0 unspecified atom stereocenters. The number of hydrogen-bond donors (Lipinski definition) is 1. The van der Waals surface area contributed by atoms with Gasteiger partial charge in [0.25, 0.3) is 11.2 Å². The van der Waals surface area contributed by atoms with Crippen LogP contribution in [0.1, 0.15) is 37.3 Å². The molecule has 0 aliphatic rings. The molecule has 0 spiro atoms. The number of nitrogens with zero attached hydrogens (tertiary/aromatic N) is 3. The molecular weight excluding hydrogens is 444 g/mol. The van der Waals surface area contributed by atoms with Crippen LogP contribution in [0.5, 0.6) is 0 Å². The first-order chi connectivity index (χ1) is 17.0. The number of aromatic nitrogens is 2. The van der Waals surface area contributed by atoms with E-state index in [1.54, 1.807) is 30.3 Å². The highest BCUT2D eigenvalue weighted by atomic mass is 16.6. The Hall–Kier alpha value is -4.33. The summed E-state index contributed by atoms with van der Waals surface area (Å²) >= 11 is 0. The monoisotopic (exact) mass is 470 g/mol. The van der Waals surface area contributed by atoms with E-state index >= 15 is 0 Å². The van der Waals surface area contributed by atoms with E-state index in [1.165, 1.54) is 36.6 Å². The third kappa shape index (κ3) is 5.60. The number of para-hydroxylation sites is 1. The van der Waals surface area contributed by atoms with Crippen molar-refractivity contribution in [2.24, 2.45) is 0 Å². The molecule has 0 fully saturated rings. The largest absolute Gasteiger partial charge is 0.280 e. The fourth-order valence-electron chi connectivity index (χ4n) is 3.94. The third-order valence-electron chi connectivity index (χ3n) is 5.78. The molecule has 0 atom stereocenters. The van der Waals surface area contributed by atoms with Crippen LogP contribution in [0, 0.1) is 10.1 Å². The minimum absolute atomic E-state index is 0.0723. The predicted octanol–water partition coefficient (Wildman–Crippen LogP) is 5.02. The Balaban J connectivity index is 1.64. The Morgan fingerprint density at radius 3 is 2.49 bits per heavy atom. The quantitative estimate of drug-likeness (QED) is 0.210. The van der Waals surface area contributed by atoms with E-state index in [9.17, 15) is 19.7 Å². The van der Waals surface area contributed by atoms with Gasteiger partial charge in [0, 0.05) is 17.7 Å². The van der Waals surface area contributed by atoms with Gasteiger partial charge in [0.2, 0.25) is 5.91 Å². The SMILES string of the molecule is CCCCCc1ccc(CC(=O)Nn2c(-c3cccc([N+](=O)[O-])c3)nc3ccccc3c2=O)cc1. The van der Waals surface area contributed by atoms with Crippen molar-refractivity contribution in [3.05, 3.63) is 104 Å². The van der Waals surface area contributed by atoms with Gasteiger partial charge in [-0.2, -0.15) is 4.68 Å². The zero-order valence-corrected chi connectivity index (χ0v) is 19.4. The number of nitro benzene ring substituents is 1. The van der Waals surface area contributed by atoms with Gasteiger partial charge >= 0.3 is 0 Å². The van der Waals surface area contributed by atoms with E-state index in [1.807, 2.05) is 24.3 Å². The maximum Gasteiger partial charge on any atom is 0.280 e. The van der Waals surface area contributed by atoms with Gasteiger partial charge in [0.1, 0.15) is 0 Å². The van der Waals surface area contributed by atoms with Gasteiger partial charge < -0.3 is 0 Å². The van der Waals surface area contributed by atoms with Crippen molar-refractivity contribution < 1.29 is 9.72 Å². The van der Waals surface area contributed by atoms with Gasteiger partial charge in [0.05, 0.1) is 22.2 Å². The number of carbonyl (C=O) groups excluding carboxylic acids is 1. The van der Waals surface area contributed by atoms with E-state index < -0.39 is 16.4 Å². The standard InChI is InChI=1S/C27H26N4O4/c1-2-3-4-8-19-13-15-20(16-14-19)17-25(32)29-30-26(21-9-7-10-22(18-21)31(34)35)28-24-12-6-5-11-23(24)27(30)33/h5-7,9-16,18H,2-4,8,17H2,1H3,(H,29,32). The molecular formula is C27H26N4O4. The molecule has 3 aromatic carbocycles. The number of carbonyl (C=O) groups is 1. The maximum atomic E-state index is 13.3. The molecule has 178 valence electrons. The number of rotatable bonds is 9. The van der Waals surface area contributed by atoms with Crippen LogP contribution in [0.4, 0.5) is 5.69 Å². The number of hydrogen-bond acceptors (Lipinski definition) is 5. The first kappa shape index (κ1) is 23.8. The molecule has 1 aromatic heterocycles. The van der Waals surface area contributed by atoms with E-state index in [4.69, 9.17) is 0 Å². The van der Waals surface area contributed by atoms with Crippen LogP contribution in [-0.2, 0) is 17.6 Å². The van der Waals surface area contributed by atoms with Crippen LogP contribution in [0.3, 0.4) is 0 Å². The minimum atomic E-state index is -0.516. The number of unbranched alkanes of at least 4 members (excludes halogenated alkanes) is 2. The summed E-state index contributed by atoms with van der Waals surface area (Å²) in [6, 6.07) is 20.5. The van der Waals surface area contributed by atoms with Crippen LogP contribution < -0.4 is 11.0 Å². The number of benzene rings is 3. The average molecular weight is 471 g/mol. The normalized spacial score (nSPS) is 10.9. The first-order valence-electron chi connectivity index (χ1n) is 11.6. The highest BCUT2D eigenvalue weighted by Crippen LogP contribution is 2.23. The summed E-state index contributed by atoms with van der Waals surface area (Å²) in [5.74, 6) is -0.272. The van der Waals surface area contributed by atoms with Crippen molar-refractivity contribution in [3.63, 3.8) is 0 Å². The number of nitrogens with one attached hydrogen (secondary N) is 1. The second kappa shape index (κ2) is 10.7. The number of aryl methyl sites for hydroxylation is 1. The average Bonchev–Trinajstić information content (AvgIpc) is 2.87. The minimum Gasteiger partial charge on any atom is -0.273 e. The van der Waals surface area contributed by atoms with Gasteiger partial charge in [-0.3, -0.25) is 25.1 Å². The van der Waals surface area contributed by atoms with Gasteiger partial charge in [-0.15, -0.1) is 0 Å².